The SMILES string of the molecule is O=C(N[C@H]1CCCc2[nH]c(=O)ccc21)c1csc2c1CCCC2. The second kappa shape index (κ2) is 5.96. The summed E-state index contributed by atoms with van der Waals surface area (Å²) in [7, 11) is 0. The van der Waals surface area contributed by atoms with Gasteiger partial charge in [-0.05, 0) is 62.1 Å². The zero-order chi connectivity index (χ0) is 15.8. The van der Waals surface area contributed by atoms with Gasteiger partial charge in [0.15, 0.2) is 0 Å². The van der Waals surface area contributed by atoms with Gasteiger partial charge < -0.3 is 10.3 Å². The molecule has 2 heterocycles. The average Bonchev–Trinajstić information content (AvgIpc) is 2.99. The molecule has 0 unspecified atom stereocenters. The molecule has 0 aromatic carbocycles. The number of pyridine rings is 1. The van der Waals surface area contributed by atoms with E-state index in [1.54, 1.807) is 17.4 Å². The Labute approximate surface area is 138 Å². The van der Waals surface area contributed by atoms with Gasteiger partial charge in [-0.15, -0.1) is 11.3 Å². The Bertz CT molecular complexity index is 806. The minimum atomic E-state index is -0.0670. The molecule has 2 aromatic heterocycles. The van der Waals surface area contributed by atoms with Crippen molar-refractivity contribution in [3.8, 4) is 0 Å². The Hall–Kier alpha value is -1.88. The predicted molar refractivity (Wildman–Crippen MR) is 91.2 cm³/mol. The molecule has 2 aliphatic carbocycles. The summed E-state index contributed by atoms with van der Waals surface area (Å²) in [5.41, 5.74) is 4.09. The zero-order valence-corrected chi connectivity index (χ0v) is 13.8. The van der Waals surface area contributed by atoms with Crippen LogP contribution in [0.3, 0.4) is 0 Å². The van der Waals surface area contributed by atoms with E-state index >= 15 is 0 Å². The number of aromatic amines is 1. The molecule has 1 amide bonds. The molecule has 120 valence electrons. The van der Waals surface area contributed by atoms with Gasteiger partial charge in [-0.25, -0.2) is 0 Å². The van der Waals surface area contributed by atoms with Gasteiger partial charge in [-0.3, -0.25) is 9.59 Å². The lowest BCUT2D eigenvalue weighted by atomic mass is 9.90. The van der Waals surface area contributed by atoms with Crippen LogP contribution in [-0.2, 0) is 19.3 Å². The summed E-state index contributed by atoms with van der Waals surface area (Å²) in [5, 5.41) is 5.21. The van der Waals surface area contributed by atoms with Crippen LogP contribution in [0.4, 0.5) is 0 Å². The van der Waals surface area contributed by atoms with Gasteiger partial charge in [0.25, 0.3) is 5.91 Å². The van der Waals surface area contributed by atoms with Gasteiger partial charge in [-0.1, -0.05) is 0 Å². The molecule has 2 aliphatic rings. The minimum absolute atomic E-state index is 0.00207. The number of hydrogen-bond acceptors (Lipinski definition) is 3. The summed E-state index contributed by atoms with van der Waals surface area (Å²) in [6.45, 7) is 0. The molecule has 4 rings (SSSR count). The molecule has 4 nitrogen and oxygen atoms in total. The normalized spacial score (nSPS) is 19.7. The molecule has 0 radical (unpaired) electrons. The number of fused-ring (bicyclic) bond motifs is 2. The summed E-state index contributed by atoms with van der Waals surface area (Å²) >= 11 is 1.72. The lowest BCUT2D eigenvalue weighted by Gasteiger charge is -2.26. The first kappa shape index (κ1) is 14.7. The van der Waals surface area contributed by atoms with Crippen LogP contribution in [0.2, 0.25) is 0 Å². The van der Waals surface area contributed by atoms with Crippen molar-refractivity contribution in [1.29, 1.82) is 0 Å². The number of hydrogen-bond donors (Lipinski definition) is 2. The van der Waals surface area contributed by atoms with Crippen molar-refractivity contribution in [2.75, 3.05) is 0 Å². The third-order valence-electron chi connectivity index (χ3n) is 4.94. The lowest BCUT2D eigenvalue weighted by Crippen LogP contribution is -2.32. The molecule has 0 spiro atoms. The molecule has 23 heavy (non-hydrogen) atoms. The maximum Gasteiger partial charge on any atom is 0.252 e. The molecule has 0 saturated heterocycles. The number of amides is 1. The quantitative estimate of drug-likeness (QED) is 0.890. The predicted octanol–water partition coefficient (Wildman–Crippen LogP) is 3.12. The fraction of sp³-hybridized carbons (Fsp3) is 0.444. The Morgan fingerprint density at radius 2 is 2.04 bits per heavy atom. The highest BCUT2D eigenvalue weighted by molar-refractivity contribution is 7.10. The van der Waals surface area contributed by atoms with Gasteiger partial charge in [0.2, 0.25) is 5.56 Å². The number of aromatic nitrogens is 1. The third kappa shape index (κ3) is 2.74. The molecule has 1 atom stereocenters. The maximum atomic E-state index is 12.7. The monoisotopic (exact) mass is 328 g/mol. The van der Waals surface area contributed by atoms with Crippen molar-refractivity contribution < 1.29 is 4.79 Å². The Balaban J connectivity index is 1.58. The first-order valence-corrected chi connectivity index (χ1v) is 9.22. The molecule has 0 bridgehead atoms. The van der Waals surface area contributed by atoms with Crippen LogP contribution >= 0.6 is 11.3 Å². The number of nitrogens with one attached hydrogen (secondary N) is 2. The van der Waals surface area contributed by atoms with Crippen LogP contribution in [0.15, 0.2) is 22.3 Å². The van der Waals surface area contributed by atoms with Crippen LogP contribution in [0.1, 0.15) is 63.8 Å². The smallest absolute Gasteiger partial charge is 0.252 e. The first-order chi connectivity index (χ1) is 11.2. The molecule has 0 saturated carbocycles. The van der Waals surface area contributed by atoms with Crippen LogP contribution < -0.4 is 10.9 Å². The molecular formula is C18H20N2O2S. The summed E-state index contributed by atoms with van der Waals surface area (Å²) in [6, 6.07) is 3.42. The number of H-pyrrole nitrogens is 1. The highest BCUT2D eigenvalue weighted by atomic mass is 32.1. The van der Waals surface area contributed by atoms with Crippen molar-refractivity contribution in [2.24, 2.45) is 0 Å². The summed E-state index contributed by atoms with van der Waals surface area (Å²) < 4.78 is 0. The van der Waals surface area contributed by atoms with E-state index in [9.17, 15) is 9.59 Å². The van der Waals surface area contributed by atoms with Crippen molar-refractivity contribution in [3.63, 3.8) is 0 Å². The van der Waals surface area contributed by atoms with Crippen LogP contribution in [-0.4, -0.2) is 10.9 Å². The zero-order valence-electron chi connectivity index (χ0n) is 13.0. The van der Waals surface area contributed by atoms with Crippen LogP contribution in [0, 0.1) is 0 Å². The second-order valence-electron chi connectivity index (χ2n) is 6.43. The van der Waals surface area contributed by atoms with Crippen LogP contribution in [0.25, 0.3) is 0 Å². The van der Waals surface area contributed by atoms with Crippen molar-refractivity contribution in [3.05, 3.63) is 55.1 Å². The van der Waals surface area contributed by atoms with E-state index in [4.69, 9.17) is 0 Å². The molecule has 2 aromatic rings. The number of carbonyl (C=O) groups is 1. The number of rotatable bonds is 2. The van der Waals surface area contributed by atoms with Gasteiger partial charge in [0.1, 0.15) is 0 Å². The Morgan fingerprint density at radius 3 is 2.96 bits per heavy atom. The van der Waals surface area contributed by atoms with E-state index < -0.39 is 0 Å². The maximum absolute atomic E-state index is 12.7. The molecule has 2 N–H and O–H groups in total. The van der Waals surface area contributed by atoms with Crippen molar-refractivity contribution >= 4 is 17.2 Å². The van der Waals surface area contributed by atoms with Crippen LogP contribution in [0.5, 0.6) is 0 Å². The number of aryl methyl sites for hydroxylation is 2. The van der Waals surface area contributed by atoms with E-state index in [0.29, 0.717) is 0 Å². The standard InChI is InChI=1S/C18H20N2O2S/c21-17-9-8-12-14(19-17)5-3-6-15(12)20-18(22)13-10-23-16-7-2-1-4-11(13)16/h8-10,15H,1-7H2,(H,19,21)(H,20,22)/t15-/m0/s1. The van der Waals surface area contributed by atoms with Crippen molar-refractivity contribution in [2.45, 2.75) is 51.0 Å². The van der Waals surface area contributed by atoms with E-state index in [1.165, 1.54) is 23.3 Å². The van der Waals surface area contributed by atoms with E-state index in [2.05, 4.69) is 10.3 Å². The van der Waals surface area contributed by atoms with Gasteiger partial charge in [0, 0.05) is 22.0 Å². The summed E-state index contributed by atoms with van der Waals surface area (Å²) in [6.07, 6.45) is 7.34. The van der Waals surface area contributed by atoms with Crippen molar-refractivity contribution in [1.82, 2.24) is 10.3 Å². The fourth-order valence-electron chi connectivity index (χ4n) is 3.77. The Kier molecular flexibility index (Phi) is 3.81. The minimum Gasteiger partial charge on any atom is -0.345 e. The number of thiophene rings is 1. The molecule has 5 heteroatoms. The lowest BCUT2D eigenvalue weighted by molar-refractivity contribution is 0.0932. The Morgan fingerprint density at radius 1 is 1.17 bits per heavy atom. The summed E-state index contributed by atoms with van der Waals surface area (Å²) in [4.78, 5) is 28.5. The molecular weight excluding hydrogens is 308 g/mol. The third-order valence-corrected chi connectivity index (χ3v) is 6.03. The number of carbonyl (C=O) groups excluding carboxylic acids is 1. The molecule has 0 fully saturated rings. The van der Waals surface area contributed by atoms with Gasteiger partial charge in [0.05, 0.1) is 11.6 Å². The second-order valence-corrected chi connectivity index (χ2v) is 7.40. The van der Waals surface area contributed by atoms with Gasteiger partial charge in [-0.2, -0.15) is 0 Å². The summed E-state index contributed by atoms with van der Waals surface area (Å²) in [5.74, 6) is 0.0356. The highest BCUT2D eigenvalue weighted by Gasteiger charge is 2.25. The average molecular weight is 328 g/mol. The highest BCUT2D eigenvalue weighted by Crippen LogP contribution is 2.32. The first-order valence-electron chi connectivity index (χ1n) is 8.34. The van der Waals surface area contributed by atoms with E-state index in [0.717, 1.165) is 48.9 Å². The van der Waals surface area contributed by atoms with Gasteiger partial charge >= 0.3 is 0 Å². The van der Waals surface area contributed by atoms with E-state index in [1.807, 2.05) is 11.4 Å². The largest absolute Gasteiger partial charge is 0.345 e. The molecule has 0 aliphatic heterocycles. The fourth-order valence-corrected chi connectivity index (χ4v) is 4.90. The topological polar surface area (TPSA) is 62.0 Å². The van der Waals surface area contributed by atoms with E-state index in [-0.39, 0.29) is 17.5 Å².